The molecule has 1 aromatic rings. The molecule has 0 heterocycles. The van der Waals surface area contributed by atoms with Gasteiger partial charge < -0.3 is 10.5 Å². The van der Waals surface area contributed by atoms with Crippen LogP contribution in [0.1, 0.15) is 18.4 Å². The normalized spacial score (nSPS) is 23.6. The van der Waals surface area contributed by atoms with E-state index in [1.807, 2.05) is 6.92 Å². The van der Waals surface area contributed by atoms with Crippen LogP contribution in [-0.4, -0.2) is 17.1 Å². The molecule has 5 nitrogen and oxygen atoms in total. The van der Waals surface area contributed by atoms with Crippen molar-refractivity contribution in [3.05, 3.63) is 33.9 Å². The Kier molecular flexibility index (Phi) is 2.78. The number of rotatable bonds is 3. The average Bonchev–Trinajstić information content (AvgIpc) is 2.15. The van der Waals surface area contributed by atoms with Crippen LogP contribution in [0.3, 0.4) is 0 Å². The van der Waals surface area contributed by atoms with Gasteiger partial charge in [0.15, 0.2) is 5.75 Å². The lowest BCUT2D eigenvalue weighted by molar-refractivity contribution is -0.386. The van der Waals surface area contributed by atoms with E-state index in [1.54, 1.807) is 12.1 Å². The summed E-state index contributed by atoms with van der Waals surface area (Å²) in [6.45, 7) is 1.88. The maximum absolute atomic E-state index is 10.8. The van der Waals surface area contributed by atoms with E-state index in [-0.39, 0.29) is 17.8 Å². The first-order chi connectivity index (χ1) is 7.56. The minimum absolute atomic E-state index is 0.0195. The van der Waals surface area contributed by atoms with E-state index in [2.05, 4.69) is 0 Å². The van der Waals surface area contributed by atoms with Crippen molar-refractivity contribution < 1.29 is 9.66 Å². The van der Waals surface area contributed by atoms with Crippen LogP contribution in [0.25, 0.3) is 0 Å². The lowest BCUT2D eigenvalue weighted by atomic mass is 9.90. The van der Waals surface area contributed by atoms with Gasteiger partial charge in [0, 0.05) is 12.1 Å². The standard InChI is InChI=1S/C11H14N2O3/c1-7-2-3-10(13(14)15)11(4-7)16-9-5-8(12)6-9/h2-4,8-9H,5-6,12H2,1H3. The van der Waals surface area contributed by atoms with Gasteiger partial charge in [-0.2, -0.15) is 0 Å². The molecule has 1 fully saturated rings. The highest BCUT2D eigenvalue weighted by molar-refractivity contribution is 5.48. The molecule has 0 spiro atoms. The van der Waals surface area contributed by atoms with E-state index >= 15 is 0 Å². The third-order valence-corrected chi connectivity index (χ3v) is 2.74. The Morgan fingerprint density at radius 3 is 2.75 bits per heavy atom. The Hall–Kier alpha value is -1.62. The van der Waals surface area contributed by atoms with Crippen LogP contribution in [0.4, 0.5) is 5.69 Å². The Morgan fingerprint density at radius 2 is 2.19 bits per heavy atom. The van der Waals surface area contributed by atoms with Crippen molar-refractivity contribution in [3.63, 3.8) is 0 Å². The van der Waals surface area contributed by atoms with Crippen molar-refractivity contribution in [1.29, 1.82) is 0 Å². The molecule has 16 heavy (non-hydrogen) atoms. The first kappa shape index (κ1) is 10.9. The summed E-state index contributed by atoms with van der Waals surface area (Å²) in [5.74, 6) is 0.349. The fraction of sp³-hybridized carbons (Fsp3) is 0.455. The number of nitro benzene ring substituents is 1. The van der Waals surface area contributed by atoms with Gasteiger partial charge in [0.1, 0.15) is 6.10 Å². The molecular formula is C11H14N2O3. The predicted octanol–water partition coefficient (Wildman–Crippen LogP) is 1.77. The summed E-state index contributed by atoms with van der Waals surface area (Å²) in [5, 5.41) is 10.8. The van der Waals surface area contributed by atoms with Crippen LogP contribution in [0.2, 0.25) is 0 Å². The van der Waals surface area contributed by atoms with Gasteiger partial charge in [0.25, 0.3) is 0 Å². The molecule has 2 rings (SSSR count). The van der Waals surface area contributed by atoms with Crippen LogP contribution in [0.15, 0.2) is 18.2 Å². The van der Waals surface area contributed by atoms with Gasteiger partial charge in [-0.3, -0.25) is 10.1 Å². The van der Waals surface area contributed by atoms with Crippen molar-refractivity contribution >= 4 is 5.69 Å². The molecule has 0 unspecified atom stereocenters. The van der Waals surface area contributed by atoms with Crippen LogP contribution >= 0.6 is 0 Å². The van der Waals surface area contributed by atoms with Crippen molar-refractivity contribution in [3.8, 4) is 5.75 Å². The quantitative estimate of drug-likeness (QED) is 0.624. The predicted molar refractivity (Wildman–Crippen MR) is 59.5 cm³/mol. The molecule has 1 aliphatic rings. The third-order valence-electron chi connectivity index (χ3n) is 2.74. The number of nitrogens with two attached hydrogens (primary N) is 1. The number of nitro groups is 1. The zero-order chi connectivity index (χ0) is 11.7. The highest BCUT2D eigenvalue weighted by atomic mass is 16.6. The molecule has 0 aromatic heterocycles. The number of aryl methyl sites for hydroxylation is 1. The average molecular weight is 222 g/mol. The number of benzene rings is 1. The lowest BCUT2D eigenvalue weighted by Gasteiger charge is -2.32. The molecule has 1 saturated carbocycles. The minimum Gasteiger partial charge on any atom is -0.483 e. The van der Waals surface area contributed by atoms with Gasteiger partial charge in [-0.05, 0) is 31.4 Å². The van der Waals surface area contributed by atoms with E-state index in [1.165, 1.54) is 6.07 Å². The minimum atomic E-state index is -0.423. The molecule has 86 valence electrons. The summed E-state index contributed by atoms with van der Waals surface area (Å²) in [6, 6.07) is 5.05. The molecule has 0 bridgehead atoms. The van der Waals surface area contributed by atoms with E-state index in [0.717, 1.165) is 18.4 Å². The second kappa shape index (κ2) is 4.09. The summed E-state index contributed by atoms with van der Waals surface area (Å²) in [5.41, 5.74) is 6.60. The summed E-state index contributed by atoms with van der Waals surface area (Å²) in [6.07, 6.45) is 1.56. The molecule has 5 heteroatoms. The zero-order valence-corrected chi connectivity index (χ0v) is 9.05. The van der Waals surface area contributed by atoms with Gasteiger partial charge in [-0.15, -0.1) is 0 Å². The molecular weight excluding hydrogens is 208 g/mol. The summed E-state index contributed by atoms with van der Waals surface area (Å²) in [4.78, 5) is 10.4. The highest BCUT2D eigenvalue weighted by Crippen LogP contribution is 2.32. The van der Waals surface area contributed by atoms with E-state index in [0.29, 0.717) is 5.75 Å². The Balaban J connectivity index is 2.17. The second-order valence-electron chi connectivity index (χ2n) is 4.20. The zero-order valence-electron chi connectivity index (χ0n) is 9.05. The topological polar surface area (TPSA) is 78.4 Å². The fourth-order valence-electron chi connectivity index (χ4n) is 1.75. The summed E-state index contributed by atoms with van der Waals surface area (Å²) in [7, 11) is 0. The molecule has 0 atom stereocenters. The van der Waals surface area contributed by atoms with Crippen LogP contribution in [0.5, 0.6) is 5.75 Å². The van der Waals surface area contributed by atoms with E-state index in [9.17, 15) is 10.1 Å². The number of hydrogen-bond acceptors (Lipinski definition) is 4. The van der Waals surface area contributed by atoms with Gasteiger partial charge in [-0.25, -0.2) is 0 Å². The SMILES string of the molecule is Cc1ccc([N+](=O)[O-])c(OC2CC(N)C2)c1. The van der Waals surface area contributed by atoms with Crippen molar-refractivity contribution in [2.45, 2.75) is 31.9 Å². The second-order valence-corrected chi connectivity index (χ2v) is 4.20. The number of hydrogen-bond donors (Lipinski definition) is 1. The maximum Gasteiger partial charge on any atom is 0.310 e. The number of nitrogens with zero attached hydrogens (tertiary/aromatic N) is 1. The monoisotopic (exact) mass is 222 g/mol. The first-order valence-electron chi connectivity index (χ1n) is 5.23. The van der Waals surface area contributed by atoms with Crippen molar-refractivity contribution in [2.24, 2.45) is 5.73 Å². The Bertz CT molecular complexity index is 414. The molecule has 1 aromatic carbocycles. The number of ether oxygens (including phenoxy) is 1. The largest absolute Gasteiger partial charge is 0.483 e. The molecule has 0 radical (unpaired) electrons. The molecule has 2 N–H and O–H groups in total. The molecule has 0 saturated heterocycles. The van der Waals surface area contributed by atoms with Crippen LogP contribution in [0, 0.1) is 17.0 Å². The Morgan fingerprint density at radius 1 is 1.50 bits per heavy atom. The van der Waals surface area contributed by atoms with E-state index < -0.39 is 4.92 Å². The van der Waals surface area contributed by atoms with Gasteiger partial charge in [0.05, 0.1) is 4.92 Å². The fourth-order valence-corrected chi connectivity index (χ4v) is 1.75. The first-order valence-corrected chi connectivity index (χ1v) is 5.23. The molecule has 0 amide bonds. The van der Waals surface area contributed by atoms with Gasteiger partial charge in [-0.1, -0.05) is 6.07 Å². The lowest BCUT2D eigenvalue weighted by Crippen LogP contribution is -2.43. The third kappa shape index (κ3) is 2.14. The van der Waals surface area contributed by atoms with Gasteiger partial charge in [0.2, 0.25) is 0 Å². The summed E-state index contributed by atoms with van der Waals surface area (Å²) < 4.78 is 5.57. The molecule has 1 aliphatic carbocycles. The van der Waals surface area contributed by atoms with Crippen LogP contribution in [-0.2, 0) is 0 Å². The van der Waals surface area contributed by atoms with Crippen molar-refractivity contribution in [2.75, 3.05) is 0 Å². The molecule has 0 aliphatic heterocycles. The van der Waals surface area contributed by atoms with Crippen LogP contribution < -0.4 is 10.5 Å². The maximum atomic E-state index is 10.8. The Labute approximate surface area is 93.4 Å². The van der Waals surface area contributed by atoms with Crippen molar-refractivity contribution in [1.82, 2.24) is 0 Å². The smallest absolute Gasteiger partial charge is 0.310 e. The van der Waals surface area contributed by atoms with E-state index in [4.69, 9.17) is 10.5 Å². The highest BCUT2D eigenvalue weighted by Gasteiger charge is 2.29. The van der Waals surface area contributed by atoms with Gasteiger partial charge >= 0.3 is 5.69 Å². The summed E-state index contributed by atoms with van der Waals surface area (Å²) >= 11 is 0.